The van der Waals surface area contributed by atoms with Crippen molar-refractivity contribution in [3.63, 3.8) is 0 Å². The molecule has 1 aromatic rings. The van der Waals surface area contributed by atoms with Crippen LogP contribution in [0.5, 0.6) is 0 Å². The number of carbonyl (C=O) groups is 1. The third-order valence-corrected chi connectivity index (χ3v) is 3.45. The van der Waals surface area contributed by atoms with E-state index >= 15 is 0 Å². The lowest BCUT2D eigenvalue weighted by Crippen LogP contribution is -2.50. The third kappa shape index (κ3) is 3.29. The van der Waals surface area contributed by atoms with Gasteiger partial charge in [-0.1, -0.05) is 0 Å². The molecule has 1 fully saturated rings. The van der Waals surface area contributed by atoms with E-state index in [2.05, 4.69) is 28.9 Å². The van der Waals surface area contributed by atoms with Crippen molar-refractivity contribution in [1.82, 2.24) is 24.6 Å². The van der Waals surface area contributed by atoms with Gasteiger partial charge in [-0.2, -0.15) is 0 Å². The third-order valence-electron chi connectivity index (χ3n) is 3.45. The van der Waals surface area contributed by atoms with Crippen LogP contribution in [-0.4, -0.2) is 62.7 Å². The number of aryl methyl sites for hydroxylation is 1. The Morgan fingerprint density at radius 1 is 1.17 bits per heavy atom. The fourth-order valence-corrected chi connectivity index (χ4v) is 2.21. The van der Waals surface area contributed by atoms with Gasteiger partial charge < -0.3 is 9.47 Å². The van der Waals surface area contributed by atoms with Crippen molar-refractivity contribution in [2.45, 2.75) is 32.9 Å². The SMILES string of the molecule is CC(C)N1CCN(C(=O)CCn2cnnc2)CC1. The number of hydrogen-bond donors (Lipinski definition) is 0. The smallest absolute Gasteiger partial charge is 0.224 e. The van der Waals surface area contributed by atoms with Crippen LogP contribution in [-0.2, 0) is 11.3 Å². The van der Waals surface area contributed by atoms with Gasteiger partial charge in [0.05, 0.1) is 0 Å². The molecule has 6 heteroatoms. The van der Waals surface area contributed by atoms with Crippen molar-refractivity contribution < 1.29 is 4.79 Å². The number of aromatic nitrogens is 3. The van der Waals surface area contributed by atoms with Gasteiger partial charge in [-0.3, -0.25) is 9.69 Å². The highest BCUT2D eigenvalue weighted by atomic mass is 16.2. The quantitative estimate of drug-likeness (QED) is 0.768. The Kier molecular flexibility index (Phi) is 4.30. The first-order chi connectivity index (χ1) is 8.66. The molecule has 0 spiro atoms. The molecule has 1 amide bonds. The topological polar surface area (TPSA) is 54.3 Å². The molecule has 1 saturated heterocycles. The van der Waals surface area contributed by atoms with E-state index in [0.29, 0.717) is 19.0 Å². The molecule has 0 atom stereocenters. The Balaban J connectivity index is 1.74. The summed E-state index contributed by atoms with van der Waals surface area (Å²) in [5.74, 6) is 0.229. The van der Waals surface area contributed by atoms with Crippen molar-refractivity contribution in [2.24, 2.45) is 0 Å². The maximum atomic E-state index is 12.0. The van der Waals surface area contributed by atoms with Crippen LogP contribution in [0.1, 0.15) is 20.3 Å². The van der Waals surface area contributed by atoms with Crippen molar-refractivity contribution in [1.29, 1.82) is 0 Å². The molecule has 0 bridgehead atoms. The second kappa shape index (κ2) is 5.95. The zero-order valence-corrected chi connectivity index (χ0v) is 11.1. The average molecular weight is 251 g/mol. The van der Waals surface area contributed by atoms with Crippen LogP contribution in [0.4, 0.5) is 0 Å². The van der Waals surface area contributed by atoms with E-state index in [1.165, 1.54) is 0 Å². The van der Waals surface area contributed by atoms with E-state index in [0.717, 1.165) is 26.2 Å². The summed E-state index contributed by atoms with van der Waals surface area (Å²) in [6.45, 7) is 8.72. The Hall–Kier alpha value is -1.43. The zero-order valence-electron chi connectivity index (χ0n) is 11.1. The lowest BCUT2D eigenvalue weighted by atomic mass is 10.2. The summed E-state index contributed by atoms with van der Waals surface area (Å²) >= 11 is 0. The molecule has 1 aromatic heterocycles. The van der Waals surface area contributed by atoms with Crippen molar-refractivity contribution >= 4 is 5.91 Å². The van der Waals surface area contributed by atoms with Crippen LogP contribution in [0.3, 0.4) is 0 Å². The minimum absolute atomic E-state index is 0.229. The fourth-order valence-electron chi connectivity index (χ4n) is 2.21. The normalized spacial score (nSPS) is 17.4. The molecule has 1 aliphatic heterocycles. The van der Waals surface area contributed by atoms with Crippen LogP contribution < -0.4 is 0 Å². The zero-order chi connectivity index (χ0) is 13.0. The van der Waals surface area contributed by atoms with E-state index in [-0.39, 0.29) is 5.91 Å². The highest BCUT2D eigenvalue weighted by Crippen LogP contribution is 2.07. The molecule has 6 nitrogen and oxygen atoms in total. The predicted octanol–water partition coefficient (Wildman–Crippen LogP) is 0.221. The van der Waals surface area contributed by atoms with Gasteiger partial charge in [0, 0.05) is 45.2 Å². The van der Waals surface area contributed by atoms with E-state index < -0.39 is 0 Å². The largest absolute Gasteiger partial charge is 0.340 e. The van der Waals surface area contributed by atoms with E-state index in [9.17, 15) is 4.79 Å². The molecule has 1 aliphatic rings. The highest BCUT2D eigenvalue weighted by Gasteiger charge is 2.21. The molecule has 18 heavy (non-hydrogen) atoms. The fraction of sp³-hybridized carbons (Fsp3) is 0.750. The summed E-state index contributed by atoms with van der Waals surface area (Å²) in [5.41, 5.74) is 0. The van der Waals surface area contributed by atoms with Gasteiger partial charge in [-0.25, -0.2) is 0 Å². The second-order valence-electron chi connectivity index (χ2n) is 4.96. The second-order valence-corrected chi connectivity index (χ2v) is 4.96. The first-order valence-electron chi connectivity index (χ1n) is 6.51. The predicted molar refractivity (Wildman–Crippen MR) is 67.9 cm³/mol. The lowest BCUT2D eigenvalue weighted by molar-refractivity contribution is -0.133. The number of hydrogen-bond acceptors (Lipinski definition) is 4. The standard InChI is InChI=1S/C12H21N5O/c1-11(2)16-5-7-17(8-6-16)12(18)3-4-15-9-13-14-10-15/h9-11H,3-8H2,1-2H3. The van der Waals surface area contributed by atoms with Crippen LogP contribution in [0.2, 0.25) is 0 Å². The first kappa shape index (κ1) is 13.0. The summed E-state index contributed by atoms with van der Waals surface area (Å²) in [6.07, 6.45) is 3.81. The van der Waals surface area contributed by atoms with Gasteiger partial charge >= 0.3 is 0 Å². The van der Waals surface area contributed by atoms with Gasteiger partial charge in [0.1, 0.15) is 12.7 Å². The molecule has 2 heterocycles. The van der Waals surface area contributed by atoms with Crippen molar-refractivity contribution in [3.8, 4) is 0 Å². The number of piperazine rings is 1. The number of nitrogens with zero attached hydrogens (tertiary/aromatic N) is 5. The van der Waals surface area contributed by atoms with E-state index in [1.54, 1.807) is 12.7 Å². The number of amides is 1. The number of carbonyl (C=O) groups excluding carboxylic acids is 1. The molecule has 0 radical (unpaired) electrons. The summed E-state index contributed by atoms with van der Waals surface area (Å²) < 4.78 is 1.84. The van der Waals surface area contributed by atoms with Crippen molar-refractivity contribution in [2.75, 3.05) is 26.2 Å². The molecule has 0 aromatic carbocycles. The van der Waals surface area contributed by atoms with Crippen LogP contribution >= 0.6 is 0 Å². The van der Waals surface area contributed by atoms with Crippen LogP contribution in [0, 0.1) is 0 Å². The van der Waals surface area contributed by atoms with Gasteiger partial charge in [0.25, 0.3) is 0 Å². The maximum absolute atomic E-state index is 12.0. The lowest BCUT2D eigenvalue weighted by Gasteiger charge is -2.37. The van der Waals surface area contributed by atoms with Gasteiger partial charge in [0.15, 0.2) is 0 Å². The Bertz CT molecular complexity index is 368. The molecule has 0 N–H and O–H groups in total. The van der Waals surface area contributed by atoms with Gasteiger partial charge in [-0.15, -0.1) is 10.2 Å². The summed E-state index contributed by atoms with van der Waals surface area (Å²) in [5, 5.41) is 7.45. The molecule has 0 unspecified atom stereocenters. The Labute approximate surface area is 108 Å². The summed E-state index contributed by atoms with van der Waals surface area (Å²) in [4.78, 5) is 16.4. The van der Waals surface area contributed by atoms with Crippen molar-refractivity contribution in [3.05, 3.63) is 12.7 Å². The minimum atomic E-state index is 0.229. The van der Waals surface area contributed by atoms with Gasteiger partial charge in [-0.05, 0) is 13.8 Å². The number of rotatable bonds is 4. The minimum Gasteiger partial charge on any atom is -0.340 e. The molecular weight excluding hydrogens is 230 g/mol. The van der Waals surface area contributed by atoms with Gasteiger partial charge in [0.2, 0.25) is 5.91 Å². The monoisotopic (exact) mass is 251 g/mol. The van der Waals surface area contributed by atoms with E-state index in [1.807, 2.05) is 9.47 Å². The molecule has 100 valence electrons. The maximum Gasteiger partial charge on any atom is 0.224 e. The molecule has 0 saturated carbocycles. The first-order valence-corrected chi connectivity index (χ1v) is 6.51. The van der Waals surface area contributed by atoms with Crippen LogP contribution in [0.25, 0.3) is 0 Å². The molecular formula is C12H21N5O. The summed E-state index contributed by atoms with van der Waals surface area (Å²) in [6, 6.07) is 0.569. The van der Waals surface area contributed by atoms with E-state index in [4.69, 9.17) is 0 Å². The Morgan fingerprint density at radius 3 is 2.33 bits per heavy atom. The molecule has 0 aliphatic carbocycles. The average Bonchev–Trinajstić information content (AvgIpc) is 2.89. The summed E-state index contributed by atoms with van der Waals surface area (Å²) in [7, 11) is 0. The molecule has 2 rings (SSSR count). The Morgan fingerprint density at radius 2 is 1.78 bits per heavy atom. The highest BCUT2D eigenvalue weighted by molar-refractivity contribution is 5.76. The van der Waals surface area contributed by atoms with Crippen LogP contribution in [0.15, 0.2) is 12.7 Å².